The molecule has 0 radical (unpaired) electrons. The maximum Gasteiger partial charge on any atom is 0.573 e. The molecule has 0 saturated heterocycles. The minimum Gasteiger partial charge on any atom is -0.406 e. The third-order valence-corrected chi connectivity index (χ3v) is 5.90. The number of nitrogens with zero attached hydrogens (tertiary/aromatic N) is 4. The smallest absolute Gasteiger partial charge is 0.406 e. The number of alkyl halides is 3. The van der Waals surface area contributed by atoms with Gasteiger partial charge in [-0.05, 0) is 51.8 Å². The van der Waals surface area contributed by atoms with Crippen LogP contribution in [0.1, 0.15) is 24.0 Å². The molecular weight excluding hydrogens is 477 g/mol. The highest BCUT2D eigenvalue weighted by atomic mass is 79.9. The number of hydrogen-bond donors (Lipinski definition) is 0. The van der Waals surface area contributed by atoms with Gasteiger partial charge in [-0.15, -0.1) is 13.2 Å². The Hall–Kier alpha value is -2.88. The lowest BCUT2D eigenvalue weighted by Crippen LogP contribution is -2.35. The first-order valence-electron chi connectivity index (χ1n) is 9.47. The lowest BCUT2D eigenvalue weighted by Gasteiger charge is -2.30. The number of allylic oxidation sites excluding steroid dienone is 1. The highest BCUT2D eigenvalue weighted by molar-refractivity contribution is 9.10. The minimum absolute atomic E-state index is 0.241. The number of benzene rings is 1. The van der Waals surface area contributed by atoms with Crippen LogP contribution in [-0.4, -0.2) is 25.7 Å². The number of aromatic nitrogens is 4. The standard InChI is InChI=1S/C21H18BrF3N4O2/c1-20(14-4-6-15(7-5-14)31-21(23,24)25)10-8-18-27-29(19(30)28(18)13-20)12-9-17-16(22)3-2-11-26-17/h2-8,10-11H,9,12-13H2,1H3. The Kier molecular flexibility index (Phi) is 5.50. The van der Waals surface area contributed by atoms with E-state index < -0.39 is 11.8 Å². The first-order chi connectivity index (χ1) is 14.6. The molecule has 31 heavy (non-hydrogen) atoms. The number of fused-ring (bicyclic) bond motifs is 1. The van der Waals surface area contributed by atoms with Crippen molar-refractivity contribution in [2.24, 2.45) is 0 Å². The fourth-order valence-corrected chi connectivity index (χ4v) is 4.01. The van der Waals surface area contributed by atoms with E-state index in [4.69, 9.17) is 0 Å². The molecule has 1 aliphatic heterocycles. The Morgan fingerprint density at radius 2 is 1.97 bits per heavy atom. The second kappa shape index (κ2) is 7.99. The van der Waals surface area contributed by atoms with E-state index in [1.165, 1.54) is 16.8 Å². The highest BCUT2D eigenvalue weighted by Gasteiger charge is 2.33. The molecule has 1 atom stereocenters. The molecule has 1 aromatic carbocycles. The average Bonchev–Trinajstić information content (AvgIpc) is 3.02. The molecule has 1 aliphatic rings. The zero-order valence-corrected chi connectivity index (χ0v) is 18.0. The molecule has 0 N–H and O–H groups in total. The Labute approximate surface area is 184 Å². The van der Waals surface area contributed by atoms with Crippen LogP contribution in [0, 0.1) is 0 Å². The van der Waals surface area contributed by atoms with Gasteiger partial charge in [0.2, 0.25) is 0 Å². The monoisotopic (exact) mass is 494 g/mol. The number of ether oxygens (including phenoxy) is 1. The number of halogens is 4. The van der Waals surface area contributed by atoms with E-state index in [2.05, 4.69) is 30.7 Å². The van der Waals surface area contributed by atoms with Crippen LogP contribution in [0.3, 0.4) is 0 Å². The Morgan fingerprint density at radius 3 is 2.65 bits per heavy atom. The second-order valence-electron chi connectivity index (χ2n) is 7.45. The number of rotatable bonds is 5. The van der Waals surface area contributed by atoms with E-state index in [9.17, 15) is 18.0 Å². The predicted molar refractivity (Wildman–Crippen MR) is 112 cm³/mol. The van der Waals surface area contributed by atoms with Crippen molar-refractivity contribution in [3.8, 4) is 5.75 Å². The zero-order valence-electron chi connectivity index (χ0n) is 16.4. The zero-order chi connectivity index (χ0) is 22.2. The summed E-state index contributed by atoms with van der Waals surface area (Å²) in [5.74, 6) is 0.255. The summed E-state index contributed by atoms with van der Waals surface area (Å²) in [5.41, 5.74) is 0.781. The molecule has 1 unspecified atom stereocenters. The molecule has 10 heteroatoms. The van der Waals surface area contributed by atoms with Crippen molar-refractivity contribution in [1.29, 1.82) is 0 Å². The van der Waals surface area contributed by atoms with Gasteiger partial charge in [-0.1, -0.05) is 25.1 Å². The summed E-state index contributed by atoms with van der Waals surface area (Å²) in [6, 6.07) is 9.41. The van der Waals surface area contributed by atoms with E-state index in [1.807, 2.05) is 25.1 Å². The third kappa shape index (κ3) is 4.58. The van der Waals surface area contributed by atoms with Crippen LogP contribution >= 0.6 is 15.9 Å². The topological polar surface area (TPSA) is 61.9 Å². The number of aryl methyl sites for hydroxylation is 2. The van der Waals surface area contributed by atoms with Crippen molar-refractivity contribution in [3.05, 3.63) is 80.7 Å². The molecule has 4 rings (SSSR count). The van der Waals surface area contributed by atoms with Gasteiger partial charge in [-0.25, -0.2) is 9.48 Å². The van der Waals surface area contributed by atoms with Gasteiger partial charge in [-0.3, -0.25) is 9.55 Å². The Balaban J connectivity index is 1.53. The lowest BCUT2D eigenvalue weighted by molar-refractivity contribution is -0.274. The Morgan fingerprint density at radius 1 is 1.23 bits per heavy atom. The fraction of sp³-hybridized carbons (Fsp3) is 0.286. The van der Waals surface area contributed by atoms with Gasteiger partial charge < -0.3 is 4.74 Å². The Bertz CT molecular complexity index is 1180. The van der Waals surface area contributed by atoms with E-state index in [1.54, 1.807) is 29.0 Å². The highest BCUT2D eigenvalue weighted by Crippen LogP contribution is 2.33. The van der Waals surface area contributed by atoms with Crippen molar-refractivity contribution in [2.45, 2.75) is 38.2 Å². The molecule has 0 amide bonds. The fourth-order valence-electron chi connectivity index (χ4n) is 3.55. The van der Waals surface area contributed by atoms with Crippen LogP contribution in [-0.2, 0) is 24.9 Å². The molecule has 3 aromatic rings. The van der Waals surface area contributed by atoms with E-state index in [-0.39, 0.29) is 11.4 Å². The molecule has 6 nitrogen and oxygen atoms in total. The van der Waals surface area contributed by atoms with Crippen LogP contribution in [0.15, 0.2) is 57.9 Å². The molecule has 0 fully saturated rings. The van der Waals surface area contributed by atoms with Gasteiger partial charge in [-0.2, -0.15) is 5.10 Å². The van der Waals surface area contributed by atoms with Gasteiger partial charge in [0, 0.05) is 29.1 Å². The third-order valence-electron chi connectivity index (χ3n) is 5.18. The summed E-state index contributed by atoms with van der Waals surface area (Å²) >= 11 is 3.45. The van der Waals surface area contributed by atoms with Crippen LogP contribution in [0.5, 0.6) is 5.75 Å². The summed E-state index contributed by atoms with van der Waals surface area (Å²) < 4.78 is 45.0. The molecule has 0 saturated carbocycles. The summed E-state index contributed by atoms with van der Waals surface area (Å²) in [4.78, 5) is 17.2. The molecule has 162 valence electrons. The second-order valence-corrected chi connectivity index (χ2v) is 8.31. The maximum atomic E-state index is 12.9. The molecule has 0 spiro atoms. The summed E-state index contributed by atoms with van der Waals surface area (Å²) in [5, 5.41) is 4.40. The van der Waals surface area contributed by atoms with Crippen LogP contribution in [0.4, 0.5) is 13.2 Å². The summed E-state index contributed by atoms with van der Waals surface area (Å²) in [6.07, 6.45) is 1.17. The van der Waals surface area contributed by atoms with Gasteiger partial charge in [0.25, 0.3) is 0 Å². The quantitative estimate of drug-likeness (QED) is 0.529. The lowest BCUT2D eigenvalue weighted by atomic mass is 9.80. The average molecular weight is 495 g/mol. The first kappa shape index (κ1) is 21.4. The summed E-state index contributed by atoms with van der Waals surface area (Å²) in [6.45, 7) is 2.62. The molecule has 2 aromatic heterocycles. The normalized spacial score (nSPS) is 18.1. The van der Waals surface area contributed by atoms with Crippen molar-refractivity contribution < 1.29 is 17.9 Å². The van der Waals surface area contributed by atoms with E-state index >= 15 is 0 Å². The number of hydrogen-bond acceptors (Lipinski definition) is 4. The first-order valence-corrected chi connectivity index (χ1v) is 10.3. The summed E-state index contributed by atoms with van der Waals surface area (Å²) in [7, 11) is 0. The van der Waals surface area contributed by atoms with Crippen molar-refractivity contribution in [3.63, 3.8) is 0 Å². The molecular formula is C21H18BrF3N4O2. The van der Waals surface area contributed by atoms with E-state index in [0.29, 0.717) is 25.3 Å². The van der Waals surface area contributed by atoms with Crippen molar-refractivity contribution in [1.82, 2.24) is 19.3 Å². The largest absolute Gasteiger partial charge is 0.573 e. The van der Waals surface area contributed by atoms with Crippen molar-refractivity contribution in [2.75, 3.05) is 0 Å². The van der Waals surface area contributed by atoms with Gasteiger partial charge in [0.1, 0.15) is 5.75 Å². The van der Waals surface area contributed by atoms with Crippen LogP contribution in [0.25, 0.3) is 6.08 Å². The van der Waals surface area contributed by atoms with E-state index in [0.717, 1.165) is 15.7 Å². The minimum atomic E-state index is -4.74. The van der Waals surface area contributed by atoms with Gasteiger partial charge in [0.05, 0.1) is 12.2 Å². The molecule has 0 aliphatic carbocycles. The maximum absolute atomic E-state index is 12.9. The van der Waals surface area contributed by atoms with Crippen LogP contribution in [0.2, 0.25) is 0 Å². The predicted octanol–water partition coefficient (Wildman–Crippen LogP) is 4.33. The van der Waals surface area contributed by atoms with Crippen molar-refractivity contribution >= 4 is 22.0 Å². The van der Waals surface area contributed by atoms with Crippen LogP contribution < -0.4 is 10.4 Å². The number of pyridine rings is 1. The van der Waals surface area contributed by atoms with Gasteiger partial charge in [0.15, 0.2) is 5.82 Å². The SMILES string of the molecule is CC1(c2ccc(OC(F)(F)F)cc2)C=Cc2nn(CCc3ncccc3Br)c(=O)n2C1. The molecule has 0 bridgehead atoms. The van der Waals surface area contributed by atoms with Gasteiger partial charge >= 0.3 is 12.1 Å². The molecule has 3 heterocycles.